The molecule has 15 heavy (non-hydrogen) atoms. The van der Waals surface area contributed by atoms with E-state index < -0.39 is 17.5 Å². The van der Waals surface area contributed by atoms with Crippen molar-refractivity contribution in [3.05, 3.63) is 35.2 Å². The Hall–Kier alpha value is -1.36. The van der Waals surface area contributed by atoms with Crippen molar-refractivity contribution in [1.82, 2.24) is 0 Å². The summed E-state index contributed by atoms with van der Waals surface area (Å²) in [6.45, 7) is 0. The molecule has 0 fully saturated rings. The average Bonchev–Trinajstić information content (AvgIpc) is 2.15. The topological polar surface area (TPSA) is 18.5 Å². The Morgan fingerprint density at radius 2 is 2.00 bits per heavy atom. The molecule has 79 valence electrons. The molecule has 1 aliphatic heterocycles. The van der Waals surface area contributed by atoms with Crippen LogP contribution in [0.25, 0.3) is 0 Å². The molecule has 1 heterocycles. The lowest BCUT2D eigenvalue weighted by Gasteiger charge is -2.18. The summed E-state index contributed by atoms with van der Waals surface area (Å²) in [4.78, 5) is 0. The van der Waals surface area contributed by atoms with Crippen molar-refractivity contribution in [2.75, 3.05) is 0 Å². The van der Waals surface area contributed by atoms with Crippen molar-refractivity contribution < 1.29 is 22.6 Å². The van der Waals surface area contributed by atoms with Crippen LogP contribution in [0.2, 0.25) is 0 Å². The summed E-state index contributed by atoms with van der Waals surface area (Å²) >= 11 is 5.36. The van der Waals surface area contributed by atoms with Crippen LogP contribution < -0.4 is 9.47 Å². The molecular formula is C9H3ClF3O2. The number of alkyl halides is 3. The van der Waals surface area contributed by atoms with Gasteiger partial charge in [0.05, 0.1) is 0 Å². The molecule has 1 aromatic rings. The highest BCUT2D eigenvalue weighted by molar-refractivity contribution is 6.28. The van der Waals surface area contributed by atoms with Crippen LogP contribution in [0, 0.1) is 6.26 Å². The molecule has 0 bridgehead atoms. The van der Waals surface area contributed by atoms with E-state index in [9.17, 15) is 13.2 Å². The average molecular weight is 236 g/mol. The molecule has 2 rings (SSSR count). The Bertz CT molecular complexity index is 426. The number of ether oxygens (including phenoxy) is 2. The van der Waals surface area contributed by atoms with E-state index in [4.69, 9.17) is 21.1 Å². The SMILES string of the molecule is FC(F)(F)c1cccc2c1OC(Cl)=[C]O2. The Labute approximate surface area is 87.9 Å². The van der Waals surface area contributed by atoms with Gasteiger partial charge in [-0.1, -0.05) is 6.07 Å². The lowest BCUT2D eigenvalue weighted by atomic mass is 10.2. The van der Waals surface area contributed by atoms with Gasteiger partial charge >= 0.3 is 6.18 Å². The number of halogens is 4. The van der Waals surface area contributed by atoms with Crippen molar-refractivity contribution in [1.29, 1.82) is 0 Å². The van der Waals surface area contributed by atoms with Gasteiger partial charge in [0, 0.05) is 0 Å². The van der Waals surface area contributed by atoms with Gasteiger partial charge in [0.1, 0.15) is 5.56 Å². The van der Waals surface area contributed by atoms with Crippen LogP contribution in [0.15, 0.2) is 23.4 Å². The molecule has 0 saturated carbocycles. The van der Waals surface area contributed by atoms with E-state index in [1.807, 2.05) is 0 Å². The maximum absolute atomic E-state index is 12.5. The predicted octanol–water partition coefficient (Wildman–Crippen LogP) is 3.32. The fourth-order valence-corrected chi connectivity index (χ4v) is 1.25. The highest BCUT2D eigenvalue weighted by Crippen LogP contribution is 2.44. The zero-order chi connectivity index (χ0) is 11.1. The first-order valence-corrected chi connectivity index (χ1v) is 4.19. The van der Waals surface area contributed by atoms with Gasteiger partial charge in [0.2, 0.25) is 11.5 Å². The van der Waals surface area contributed by atoms with Gasteiger partial charge in [-0.05, 0) is 23.7 Å². The van der Waals surface area contributed by atoms with Crippen molar-refractivity contribution in [2.24, 2.45) is 0 Å². The molecule has 0 atom stereocenters. The molecule has 1 aliphatic rings. The second-order valence-corrected chi connectivity index (χ2v) is 3.05. The Kier molecular flexibility index (Phi) is 2.26. The monoisotopic (exact) mass is 235 g/mol. The molecule has 1 aromatic carbocycles. The minimum atomic E-state index is -4.51. The first-order chi connectivity index (χ1) is 6.98. The lowest BCUT2D eigenvalue weighted by Crippen LogP contribution is -2.11. The normalized spacial score (nSPS) is 14.8. The van der Waals surface area contributed by atoms with Gasteiger partial charge in [0.25, 0.3) is 0 Å². The molecular weight excluding hydrogens is 233 g/mol. The fraction of sp³-hybridized carbons (Fsp3) is 0.111. The highest BCUT2D eigenvalue weighted by atomic mass is 35.5. The zero-order valence-corrected chi connectivity index (χ0v) is 7.82. The van der Waals surface area contributed by atoms with Gasteiger partial charge in [-0.2, -0.15) is 13.2 Å². The summed E-state index contributed by atoms with van der Waals surface area (Å²) in [6.07, 6.45) is -2.40. The van der Waals surface area contributed by atoms with Gasteiger partial charge in [-0.15, -0.1) is 0 Å². The Morgan fingerprint density at radius 3 is 2.67 bits per heavy atom. The number of benzene rings is 1. The van der Waals surface area contributed by atoms with Gasteiger partial charge in [-0.3, -0.25) is 0 Å². The van der Waals surface area contributed by atoms with E-state index in [1.54, 1.807) is 0 Å². The molecule has 0 unspecified atom stereocenters. The van der Waals surface area contributed by atoms with Crippen LogP contribution in [0.4, 0.5) is 13.2 Å². The summed E-state index contributed by atoms with van der Waals surface area (Å²) in [5, 5.41) is -0.362. The molecule has 1 radical (unpaired) electrons. The smallest absolute Gasteiger partial charge is 0.420 e. The summed E-state index contributed by atoms with van der Waals surface area (Å²) in [7, 11) is 0. The number of para-hydroxylation sites is 1. The number of rotatable bonds is 0. The summed E-state index contributed by atoms with van der Waals surface area (Å²) in [6, 6.07) is 3.44. The Balaban J connectivity index is 2.53. The minimum absolute atomic E-state index is 0.0609. The summed E-state index contributed by atoms with van der Waals surface area (Å²) in [5.41, 5.74) is -0.931. The lowest BCUT2D eigenvalue weighted by molar-refractivity contribution is -0.138. The van der Waals surface area contributed by atoms with E-state index in [-0.39, 0.29) is 11.0 Å². The third-order valence-corrected chi connectivity index (χ3v) is 1.87. The van der Waals surface area contributed by atoms with Crippen LogP contribution in [0.3, 0.4) is 0 Å². The van der Waals surface area contributed by atoms with Crippen LogP contribution >= 0.6 is 11.6 Å². The molecule has 0 aromatic heterocycles. The summed E-state index contributed by atoms with van der Waals surface area (Å²) < 4.78 is 46.9. The van der Waals surface area contributed by atoms with Crippen LogP contribution in [0.1, 0.15) is 5.56 Å². The van der Waals surface area contributed by atoms with E-state index in [1.165, 1.54) is 12.1 Å². The first kappa shape index (κ1) is 10.2. The zero-order valence-electron chi connectivity index (χ0n) is 7.06. The van der Waals surface area contributed by atoms with Gasteiger partial charge < -0.3 is 9.47 Å². The third-order valence-electron chi connectivity index (χ3n) is 1.72. The standard InChI is InChI=1S/C9H3ClF3O2/c10-7-4-14-6-3-1-2-5(8(6)15-7)9(11,12)13/h1-3H. The van der Waals surface area contributed by atoms with E-state index >= 15 is 0 Å². The molecule has 2 nitrogen and oxygen atoms in total. The van der Waals surface area contributed by atoms with Crippen LogP contribution in [0.5, 0.6) is 11.5 Å². The molecule has 0 amide bonds. The molecule has 0 spiro atoms. The number of hydrogen-bond donors (Lipinski definition) is 0. The minimum Gasteiger partial charge on any atom is -0.444 e. The number of hydrogen-bond acceptors (Lipinski definition) is 2. The Morgan fingerprint density at radius 1 is 1.27 bits per heavy atom. The predicted molar refractivity (Wildman–Crippen MR) is 45.3 cm³/mol. The quantitative estimate of drug-likeness (QED) is 0.687. The van der Waals surface area contributed by atoms with E-state index in [2.05, 4.69) is 6.26 Å². The first-order valence-electron chi connectivity index (χ1n) is 3.82. The highest BCUT2D eigenvalue weighted by Gasteiger charge is 2.37. The van der Waals surface area contributed by atoms with Crippen molar-refractivity contribution in [2.45, 2.75) is 6.18 Å². The third kappa shape index (κ3) is 1.87. The molecule has 6 heteroatoms. The van der Waals surface area contributed by atoms with Crippen molar-refractivity contribution in [3.8, 4) is 11.5 Å². The van der Waals surface area contributed by atoms with Crippen molar-refractivity contribution in [3.63, 3.8) is 0 Å². The van der Waals surface area contributed by atoms with Crippen molar-refractivity contribution >= 4 is 11.6 Å². The molecule has 0 saturated heterocycles. The van der Waals surface area contributed by atoms with Crippen LogP contribution in [-0.4, -0.2) is 0 Å². The maximum atomic E-state index is 12.5. The second kappa shape index (κ2) is 3.34. The number of fused-ring (bicyclic) bond motifs is 1. The maximum Gasteiger partial charge on any atom is 0.420 e. The molecule has 0 aliphatic carbocycles. The van der Waals surface area contributed by atoms with E-state index in [0.29, 0.717) is 0 Å². The second-order valence-electron chi connectivity index (χ2n) is 2.71. The van der Waals surface area contributed by atoms with E-state index in [0.717, 1.165) is 6.07 Å². The van der Waals surface area contributed by atoms with Gasteiger partial charge in [0.15, 0.2) is 11.5 Å². The molecule has 0 N–H and O–H groups in total. The summed E-state index contributed by atoms with van der Waals surface area (Å²) in [5.74, 6) is -0.497. The van der Waals surface area contributed by atoms with Crippen LogP contribution in [-0.2, 0) is 6.18 Å². The largest absolute Gasteiger partial charge is 0.444 e. The fourth-order valence-electron chi connectivity index (χ4n) is 1.13. The van der Waals surface area contributed by atoms with Gasteiger partial charge in [-0.25, -0.2) is 0 Å².